The third kappa shape index (κ3) is 4.56. The molecule has 4 aromatic carbocycles. The molecule has 0 spiro atoms. The van der Waals surface area contributed by atoms with E-state index in [2.05, 4.69) is 0 Å². The van der Waals surface area contributed by atoms with Gasteiger partial charge in [-0.25, -0.2) is 19.8 Å². The number of nitro benzene ring substituents is 2. The maximum absolute atomic E-state index is 14.5. The monoisotopic (exact) mass is 712 g/mol. The molecule has 50 heavy (non-hydrogen) atoms. The molecular formula is C34H22Cl2N6O8. The number of hydrazine groups is 1. The van der Waals surface area contributed by atoms with Crippen LogP contribution in [0, 0.1) is 32.1 Å². The van der Waals surface area contributed by atoms with Crippen molar-refractivity contribution < 1.29 is 29.0 Å². The topological polar surface area (TPSA) is 168 Å². The van der Waals surface area contributed by atoms with Crippen LogP contribution in [0.1, 0.15) is 23.2 Å². The van der Waals surface area contributed by atoms with Gasteiger partial charge in [0.25, 0.3) is 23.2 Å². The first-order valence-electron chi connectivity index (χ1n) is 15.3. The normalized spacial score (nSPS) is 26.0. The van der Waals surface area contributed by atoms with Crippen molar-refractivity contribution in [3.63, 3.8) is 0 Å². The molecule has 16 heteroatoms. The number of hydrogen-bond donors (Lipinski definition) is 0. The number of amides is 4. The van der Waals surface area contributed by atoms with Crippen molar-refractivity contribution >= 4 is 69.6 Å². The quantitative estimate of drug-likeness (QED) is 0.146. The lowest BCUT2D eigenvalue weighted by Gasteiger charge is -2.35. The lowest BCUT2D eigenvalue weighted by atomic mass is 9.84. The van der Waals surface area contributed by atoms with Crippen LogP contribution in [-0.2, 0) is 19.2 Å². The number of nitro groups is 2. The second-order valence-corrected chi connectivity index (χ2v) is 13.1. The summed E-state index contributed by atoms with van der Waals surface area (Å²) in [5.74, 6) is -4.89. The second-order valence-electron chi connectivity index (χ2n) is 12.3. The number of hydrogen-bond acceptors (Lipinski definition) is 10. The van der Waals surface area contributed by atoms with Gasteiger partial charge in [0, 0.05) is 34.3 Å². The van der Waals surface area contributed by atoms with Gasteiger partial charge in [-0.15, -0.1) is 0 Å². The van der Waals surface area contributed by atoms with Gasteiger partial charge in [0.15, 0.2) is 0 Å². The number of carbonyl (C=O) groups is 4. The maximum Gasteiger partial charge on any atom is 0.271 e. The van der Waals surface area contributed by atoms with Crippen LogP contribution >= 0.6 is 23.2 Å². The smallest absolute Gasteiger partial charge is 0.271 e. The molecule has 250 valence electrons. The molecule has 0 saturated carbocycles. The summed E-state index contributed by atoms with van der Waals surface area (Å²) in [6.45, 7) is 0. The molecule has 4 saturated heterocycles. The van der Waals surface area contributed by atoms with Crippen molar-refractivity contribution in [1.29, 1.82) is 0 Å². The minimum absolute atomic E-state index is 0.0106. The number of anilines is 2. The summed E-state index contributed by atoms with van der Waals surface area (Å²) in [4.78, 5) is 81.8. The largest absolute Gasteiger partial charge is 0.274 e. The molecule has 0 radical (unpaired) electrons. The van der Waals surface area contributed by atoms with Crippen molar-refractivity contribution in [2.75, 3.05) is 9.80 Å². The Hall–Kier alpha value is -5.54. The first kappa shape index (κ1) is 31.7. The Balaban J connectivity index is 1.32. The van der Waals surface area contributed by atoms with Crippen LogP contribution in [0.15, 0.2) is 97.1 Å². The van der Waals surface area contributed by atoms with Crippen molar-refractivity contribution in [3.8, 4) is 0 Å². The molecule has 4 aliphatic heterocycles. The van der Waals surface area contributed by atoms with Gasteiger partial charge >= 0.3 is 0 Å². The second kappa shape index (κ2) is 11.5. The van der Waals surface area contributed by atoms with E-state index in [-0.39, 0.29) is 22.7 Å². The molecule has 8 rings (SSSR count). The van der Waals surface area contributed by atoms with E-state index in [0.29, 0.717) is 21.2 Å². The minimum atomic E-state index is -1.22. The van der Waals surface area contributed by atoms with Gasteiger partial charge in [0.1, 0.15) is 12.1 Å². The van der Waals surface area contributed by atoms with E-state index in [4.69, 9.17) is 23.2 Å². The standard InChI is InChI=1S/C34H22Cl2N6O8/c35-19-11-7-17(8-12-19)27-25-29(33(45)37(31(25)43)21-3-1-5-23(15-21)41(47)48)39-28(18-9-13-20(36)14-10-18)26-30(40(27)39)34(46)38(32(26)44)22-4-2-6-24(16-22)42(49)50/h1-16,25-30H. The Morgan fingerprint density at radius 2 is 0.860 bits per heavy atom. The Bertz CT molecular complexity index is 2010. The summed E-state index contributed by atoms with van der Waals surface area (Å²) < 4.78 is 0. The molecule has 6 atom stereocenters. The van der Waals surface area contributed by atoms with Gasteiger partial charge in [-0.1, -0.05) is 59.6 Å². The third-order valence-corrected chi connectivity index (χ3v) is 10.2. The van der Waals surface area contributed by atoms with Crippen molar-refractivity contribution in [2.45, 2.75) is 24.2 Å². The van der Waals surface area contributed by atoms with E-state index in [1.54, 1.807) is 58.5 Å². The highest BCUT2D eigenvalue weighted by Crippen LogP contribution is 2.60. The number of non-ortho nitro benzene ring substituents is 2. The lowest BCUT2D eigenvalue weighted by Crippen LogP contribution is -2.50. The Labute approximate surface area is 292 Å². The van der Waals surface area contributed by atoms with Crippen molar-refractivity contribution in [3.05, 3.63) is 138 Å². The number of fused-ring (bicyclic) bond motifs is 5. The molecule has 4 aromatic rings. The van der Waals surface area contributed by atoms with Gasteiger partial charge in [-0.2, -0.15) is 0 Å². The number of imide groups is 2. The maximum atomic E-state index is 14.5. The zero-order valence-corrected chi connectivity index (χ0v) is 26.9. The number of nitrogens with zero attached hydrogens (tertiary/aromatic N) is 6. The highest BCUT2D eigenvalue weighted by atomic mass is 35.5. The first-order chi connectivity index (χ1) is 24.0. The first-order valence-corrected chi connectivity index (χ1v) is 16.1. The van der Waals surface area contributed by atoms with Gasteiger partial charge in [0.05, 0.1) is 45.1 Å². The predicted molar refractivity (Wildman–Crippen MR) is 178 cm³/mol. The highest BCUT2D eigenvalue weighted by molar-refractivity contribution is 6.31. The molecule has 0 aliphatic carbocycles. The fraction of sp³-hybridized carbons (Fsp3) is 0.176. The van der Waals surface area contributed by atoms with Crippen LogP contribution in [0.2, 0.25) is 10.0 Å². The molecule has 0 aromatic heterocycles. The van der Waals surface area contributed by atoms with Crippen LogP contribution in [-0.4, -0.2) is 55.6 Å². The van der Waals surface area contributed by atoms with E-state index in [9.17, 15) is 39.4 Å². The van der Waals surface area contributed by atoms with Crippen LogP contribution in [0.5, 0.6) is 0 Å². The summed E-state index contributed by atoms with van der Waals surface area (Å²) in [5, 5.41) is 27.2. The van der Waals surface area contributed by atoms with E-state index < -0.39 is 69.5 Å². The molecule has 0 N–H and O–H groups in total. The molecular weight excluding hydrogens is 691 g/mol. The van der Waals surface area contributed by atoms with Crippen LogP contribution in [0.3, 0.4) is 0 Å². The van der Waals surface area contributed by atoms with Crippen LogP contribution in [0.25, 0.3) is 0 Å². The molecule has 4 amide bonds. The Morgan fingerprint density at radius 1 is 0.500 bits per heavy atom. The number of halogens is 2. The molecule has 6 unspecified atom stereocenters. The number of carbonyl (C=O) groups excluding carboxylic acids is 4. The lowest BCUT2D eigenvalue weighted by molar-refractivity contribution is -0.385. The summed E-state index contributed by atoms with van der Waals surface area (Å²) in [5.41, 5.74) is 0.441. The zero-order chi connectivity index (χ0) is 35.2. The van der Waals surface area contributed by atoms with Gasteiger partial charge < -0.3 is 0 Å². The fourth-order valence-electron chi connectivity index (χ4n) is 7.82. The average molecular weight is 713 g/mol. The van der Waals surface area contributed by atoms with Crippen molar-refractivity contribution in [2.24, 2.45) is 11.8 Å². The van der Waals surface area contributed by atoms with E-state index in [0.717, 1.165) is 21.9 Å². The Morgan fingerprint density at radius 3 is 1.20 bits per heavy atom. The predicted octanol–water partition coefficient (Wildman–Crippen LogP) is 5.25. The molecule has 4 aliphatic rings. The van der Waals surface area contributed by atoms with Crippen LogP contribution < -0.4 is 9.80 Å². The van der Waals surface area contributed by atoms with Crippen LogP contribution in [0.4, 0.5) is 22.7 Å². The van der Waals surface area contributed by atoms with E-state index >= 15 is 0 Å². The summed E-state index contributed by atoms with van der Waals surface area (Å²) >= 11 is 12.5. The summed E-state index contributed by atoms with van der Waals surface area (Å²) in [7, 11) is 0. The number of rotatable bonds is 6. The van der Waals surface area contributed by atoms with Crippen molar-refractivity contribution in [1.82, 2.24) is 10.0 Å². The zero-order valence-electron chi connectivity index (χ0n) is 25.4. The molecule has 4 fully saturated rings. The molecule has 14 nitrogen and oxygen atoms in total. The molecule has 4 heterocycles. The van der Waals surface area contributed by atoms with Gasteiger partial charge in [-0.05, 0) is 47.5 Å². The number of benzene rings is 4. The van der Waals surface area contributed by atoms with E-state index in [1.807, 2.05) is 0 Å². The minimum Gasteiger partial charge on any atom is -0.274 e. The SMILES string of the molecule is O=C1C2C(C(=O)N1c1cccc([N+](=O)[O-])c1)N1C(c3ccc(Cl)cc3)C3C(=O)N(c4cccc([N+](=O)[O-])c4)C(=O)C3N1C2c1ccc(Cl)cc1. The van der Waals surface area contributed by atoms with Gasteiger partial charge in [-0.3, -0.25) is 39.4 Å². The third-order valence-electron chi connectivity index (χ3n) is 9.75. The summed E-state index contributed by atoms with van der Waals surface area (Å²) in [6.07, 6.45) is 0. The summed E-state index contributed by atoms with van der Waals surface area (Å²) in [6, 6.07) is 19.1. The Kier molecular flexibility index (Phi) is 7.31. The van der Waals surface area contributed by atoms with Gasteiger partial charge in [0.2, 0.25) is 11.8 Å². The highest BCUT2D eigenvalue weighted by Gasteiger charge is 2.73. The molecule has 0 bridgehead atoms. The van der Waals surface area contributed by atoms with E-state index in [1.165, 1.54) is 36.4 Å². The fourth-order valence-corrected chi connectivity index (χ4v) is 8.07. The average Bonchev–Trinajstić information content (AvgIpc) is 3.77.